The number of nitrogens with zero attached hydrogens (tertiary/aromatic N) is 4. The van der Waals surface area contributed by atoms with Gasteiger partial charge in [-0.15, -0.1) is 0 Å². The van der Waals surface area contributed by atoms with Crippen LogP contribution >= 0.6 is 0 Å². The van der Waals surface area contributed by atoms with E-state index in [-0.39, 0.29) is 18.2 Å². The predicted octanol–water partition coefficient (Wildman–Crippen LogP) is 1.49. The Bertz CT molecular complexity index is 611. The molecule has 1 saturated heterocycles. The topological polar surface area (TPSA) is 70.6 Å². The van der Waals surface area contributed by atoms with Gasteiger partial charge in [-0.05, 0) is 27.7 Å². The van der Waals surface area contributed by atoms with Crippen molar-refractivity contribution in [1.82, 2.24) is 20.2 Å². The molecule has 1 fully saturated rings. The van der Waals surface area contributed by atoms with Crippen LogP contribution in [0.5, 0.6) is 0 Å². The number of aromatic nitrogens is 2. The summed E-state index contributed by atoms with van der Waals surface area (Å²) in [6, 6.07) is -0.0154. The van der Waals surface area contributed by atoms with Gasteiger partial charge < -0.3 is 19.9 Å². The molecule has 1 N–H and O–H groups in total. The largest absolute Gasteiger partial charge is 0.372 e. The first-order valence-electron chi connectivity index (χ1n) is 8.77. The van der Waals surface area contributed by atoms with Crippen LogP contribution in [0.4, 0.5) is 10.6 Å². The average Bonchev–Trinajstić information content (AvgIpc) is 2.53. The Morgan fingerprint density at radius 1 is 1.29 bits per heavy atom. The van der Waals surface area contributed by atoms with Crippen LogP contribution in [-0.2, 0) is 17.7 Å². The fourth-order valence-corrected chi connectivity index (χ4v) is 3.57. The van der Waals surface area contributed by atoms with Crippen LogP contribution in [0.2, 0.25) is 0 Å². The maximum Gasteiger partial charge on any atom is 0.317 e. The summed E-state index contributed by atoms with van der Waals surface area (Å²) in [6.07, 6.45) is 1.11. The molecule has 3 heterocycles. The van der Waals surface area contributed by atoms with Gasteiger partial charge in [-0.25, -0.2) is 14.8 Å². The van der Waals surface area contributed by atoms with Gasteiger partial charge in [0, 0.05) is 38.2 Å². The number of urea groups is 1. The van der Waals surface area contributed by atoms with E-state index in [1.54, 1.807) is 0 Å². The lowest BCUT2D eigenvalue weighted by atomic mass is 10.0. The number of anilines is 1. The van der Waals surface area contributed by atoms with Crippen LogP contribution in [0.1, 0.15) is 37.9 Å². The summed E-state index contributed by atoms with van der Waals surface area (Å²) in [5.74, 6) is 1.76. The Morgan fingerprint density at radius 2 is 2.00 bits per heavy atom. The van der Waals surface area contributed by atoms with Gasteiger partial charge in [-0.3, -0.25) is 0 Å². The van der Waals surface area contributed by atoms with Gasteiger partial charge in [-0.2, -0.15) is 0 Å². The van der Waals surface area contributed by atoms with Crippen LogP contribution in [-0.4, -0.2) is 59.3 Å². The van der Waals surface area contributed by atoms with E-state index < -0.39 is 0 Å². The van der Waals surface area contributed by atoms with Crippen LogP contribution in [0.3, 0.4) is 0 Å². The van der Waals surface area contributed by atoms with E-state index in [0.29, 0.717) is 19.6 Å². The minimum atomic E-state index is -0.0154. The molecule has 2 aliphatic heterocycles. The Labute approximate surface area is 143 Å². The molecular weight excluding hydrogens is 306 g/mol. The first kappa shape index (κ1) is 17.0. The van der Waals surface area contributed by atoms with Crippen molar-refractivity contribution >= 4 is 11.8 Å². The molecule has 2 atom stereocenters. The number of amides is 2. The molecule has 1 aromatic heterocycles. The average molecular weight is 333 g/mol. The number of nitrogens with one attached hydrogen (secondary N) is 1. The van der Waals surface area contributed by atoms with E-state index in [1.807, 2.05) is 18.7 Å². The molecule has 132 valence electrons. The second-order valence-electron chi connectivity index (χ2n) is 6.69. The van der Waals surface area contributed by atoms with Crippen LogP contribution in [0, 0.1) is 6.92 Å². The number of ether oxygens (including phenoxy) is 1. The molecule has 3 rings (SSSR count). The van der Waals surface area contributed by atoms with Crippen molar-refractivity contribution in [2.24, 2.45) is 0 Å². The lowest BCUT2D eigenvalue weighted by Crippen LogP contribution is -2.48. The highest BCUT2D eigenvalue weighted by Gasteiger charge is 2.30. The number of carbonyl (C=O) groups excluding carboxylic acids is 1. The minimum Gasteiger partial charge on any atom is -0.372 e. The third-order valence-electron chi connectivity index (χ3n) is 4.48. The van der Waals surface area contributed by atoms with Gasteiger partial charge >= 0.3 is 6.03 Å². The fourth-order valence-electron chi connectivity index (χ4n) is 3.57. The van der Waals surface area contributed by atoms with Gasteiger partial charge in [0.25, 0.3) is 0 Å². The lowest BCUT2D eigenvalue weighted by molar-refractivity contribution is -0.00558. The van der Waals surface area contributed by atoms with E-state index >= 15 is 0 Å². The molecule has 2 amide bonds. The normalized spacial score (nSPS) is 23.8. The monoisotopic (exact) mass is 333 g/mol. The summed E-state index contributed by atoms with van der Waals surface area (Å²) in [6.45, 7) is 11.6. The van der Waals surface area contributed by atoms with E-state index in [0.717, 1.165) is 42.4 Å². The molecule has 0 radical (unpaired) electrons. The molecule has 7 heteroatoms. The third-order valence-corrected chi connectivity index (χ3v) is 4.48. The molecule has 0 spiro atoms. The standard InChI is InChI=1S/C17H27N5O2/c1-5-18-17(23)21-7-6-15-14(10-21)16(20-13(4)19-15)22-8-11(2)24-12(3)9-22/h11-12H,5-10H2,1-4H3,(H,18,23). The number of morpholine rings is 1. The summed E-state index contributed by atoms with van der Waals surface area (Å²) in [5.41, 5.74) is 2.16. The predicted molar refractivity (Wildman–Crippen MR) is 92.2 cm³/mol. The number of fused-ring (bicyclic) bond motifs is 1. The number of rotatable bonds is 2. The van der Waals surface area contributed by atoms with E-state index in [1.165, 1.54) is 0 Å². The lowest BCUT2D eigenvalue weighted by Gasteiger charge is -2.38. The highest BCUT2D eigenvalue weighted by molar-refractivity contribution is 5.74. The van der Waals surface area contributed by atoms with Crippen molar-refractivity contribution in [3.8, 4) is 0 Å². The number of hydrogen-bond donors (Lipinski definition) is 1. The van der Waals surface area contributed by atoms with E-state index in [4.69, 9.17) is 9.72 Å². The summed E-state index contributed by atoms with van der Waals surface area (Å²) < 4.78 is 5.84. The van der Waals surface area contributed by atoms with Crippen molar-refractivity contribution in [1.29, 1.82) is 0 Å². The SMILES string of the molecule is CCNC(=O)N1CCc2nc(C)nc(N3CC(C)OC(C)C3)c2C1. The molecule has 2 aliphatic rings. The second kappa shape index (κ2) is 6.93. The molecule has 1 aromatic rings. The van der Waals surface area contributed by atoms with Crippen molar-refractivity contribution in [3.63, 3.8) is 0 Å². The Kier molecular flexibility index (Phi) is 4.89. The highest BCUT2D eigenvalue weighted by atomic mass is 16.5. The molecule has 0 saturated carbocycles. The molecular formula is C17H27N5O2. The van der Waals surface area contributed by atoms with Gasteiger partial charge in [0.1, 0.15) is 11.6 Å². The van der Waals surface area contributed by atoms with Crippen LogP contribution in [0.25, 0.3) is 0 Å². The first-order chi connectivity index (χ1) is 11.5. The smallest absolute Gasteiger partial charge is 0.317 e. The zero-order chi connectivity index (χ0) is 17.3. The van der Waals surface area contributed by atoms with Gasteiger partial charge in [-0.1, -0.05) is 0 Å². The summed E-state index contributed by atoms with van der Waals surface area (Å²) in [5, 5.41) is 2.88. The first-order valence-corrected chi connectivity index (χ1v) is 8.77. The Balaban J connectivity index is 1.91. The fraction of sp³-hybridized carbons (Fsp3) is 0.706. The molecule has 0 bridgehead atoms. The van der Waals surface area contributed by atoms with Crippen molar-refractivity contribution in [2.75, 3.05) is 31.1 Å². The number of carbonyl (C=O) groups is 1. The van der Waals surface area contributed by atoms with E-state index in [9.17, 15) is 4.79 Å². The summed E-state index contributed by atoms with van der Waals surface area (Å²) in [4.78, 5) is 25.7. The molecule has 7 nitrogen and oxygen atoms in total. The van der Waals surface area contributed by atoms with Crippen molar-refractivity contribution in [3.05, 3.63) is 17.1 Å². The summed E-state index contributed by atoms with van der Waals surface area (Å²) >= 11 is 0. The third kappa shape index (κ3) is 3.45. The second-order valence-corrected chi connectivity index (χ2v) is 6.69. The Morgan fingerprint density at radius 3 is 2.67 bits per heavy atom. The Hall–Kier alpha value is -1.89. The molecule has 0 aliphatic carbocycles. The van der Waals surface area contributed by atoms with E-state index in [2.05, 4.69) is 29.0 Å². The maximum absolute atomic E-state index is 12.2. The van der Waals surface area contributed by atoms with Gasteiger partial charge in [0.15, 0.2) is 0 Å². The zero-order valence-corrected chi connectivity index (χ0v) is 15.0. The van der Waals surface area contributed by atoms with Gasteiger partial charge in [0.2, 0.25) is 0 Å². The summed E-state index contributed by atoms with van der Waals surface area (Å²) in [7, 11) is 0. The number of hydrogen-bond acceptors (Lipinski definition) is 5. The minimum absolute atomic E-state index is 0.0154. The van der Waals surface area contributed by atoms with Crippen LogP contribution in [0.15, 0.2) is 0 Å². The maximum atomic E-state index is 12.2. The quantitative estimate of drug-likeness (QED) is 0.888. The van der Waals surface area contributed by atoms with Crippen molar-refractivity contribution < 1.29 is 9.53 Å². The zero-order valence-electron chi connectivity index (χ0n) is 15.0. The van der Waals surface area contributed by atoms with Crippen LogP contribution < -0.4 is 10.2 Å². The molecule has 0 aromatic carbocycles. The van der Waals surface area contributed by atoms with Crippen molar-refractivity contribution in [2.45, 2.75) is 52.9 Å². The number of aryl methyl sites for hydroxylation is 1. The van der Waals surface area contributed by atoms with Gasteiger partial charge in [0.05, 0.1) is 24.4 Å². The highest BCUT2D eigenvalue weighted by Crippen LogP contribution is 2.28. The molecule has 24 heavy (non-hydrogen) atoms. The molecule has 2 unspecified atom stereocenters.